The standard InChI is InChI=1S/C13H21N3O2S2/c14-9-12-13(4-8-19-12)20(17,18)16-7-2-6-15-5-1-3-11(15)10-16/h4,8,11H,1-3,5-7,9-10,14H2. The molecule has 2 aliphatic heterocycles. The Bertz CT molecular complexity index is 570. The van der Waals surface area contributed by atoms with Crippen LogP contribution in [-0.4, -0.2) is 49.8 Å². The van der Waals surface area contributed by atoms with Gasteiger partial charge in [-0.15, -0.1) is 11.3 Å². The molecule has 0 aromatic carbocycles. The predicted octanol–water partition coefficient (Wildman–Crippen LogP) is 1.07. The van der Waals surface area contributed by atoms with Gasteiger partial charge in [-0.25, -0.2) is 8.42 Å². The lowest BCUT2D eigenvalue weighted by Crippen LogP contribution is -2.39. The number of hydrogen-bond donors (Lipinski definition) is 1. The predicted molar refractivity (Wildman–Crippen MR) is 80.2 cm³/mol. The third-order valence-corrected chi connectivity index (χ3v) is 7.30. The van der Waals surface area contributed by atoms with Crippen LogP contribution < -0.4 is 5.73 Å². The number of nitrogens with two attached hydrogens (primary N) is 1. The van der Waals surface area contributed by atoms with Crippen molar-refractivity contribution in [1.82, 2.24) is 9.21 Å². The van der Waals surface area contributed by atoms with Crippen molar-refractivity contribution in [1.29, 1.82) is 0 Å². The van der Waals surface area contributed by atoms with Crippen molar-refractivity contribution >= 4 is 21.4 Å². The van der Waals surface area contributed by atoms with E-state index in [2.05, 4.69) is 4.90 Å². The van der Waals surface area contributed by atoms with Crippen LogP contribution in [0.4, 0.5) is 0 Å². The second kappa shape index (κ2) is 5.73. The molecule has 1 atom stereocenters. The number of hydrogen-bond acceptors (Lipinski definition) is 5. The maximum Gasteiger partial charge on any atom is 0.244 e. The summed E-state index contributed by atoms with van der Waals surface area (Å²) in [6, 6.07) is 2.09. The summed E-state index contributed by atoms with van der Waals surface area (Å²) in [6.07, 6.45) is 3.21. The fourth-order valence-electron chi connectivity index (χ4n) is 3.24. The van der Waals surface area contributed by atoms with Crippen molar-refractivity contribution in [3.63, 3.8) is 0 Å². The van der Waals surface area contributed by atoms with Gasteiger partial charge in [0.2, 0.25) is 10.0 Å². The van der Waals surface area contributed by atoms with E-state index < -0.39 is 10.0 Å². The van der Waals surface area contributed by atoms with Gasteiger partial charge in [-0.05, 0) is 43.8 Å². The van der Waals surface area contributed by atoms with Crippen LogP contribution in [0.15, 0.2) is 16.3 Å². The molecule has 0 bridgehead atoms. The summed E-state index contributed by atoms with van der Waals surface area (Å²) in [4.78, 5) is 3.61. The zero-order valence-corrected chi connectivity index (χ0v) is 13.1. The lowest BCUT2D eigenvalue weighted by atomic mass is 10.2. The molecule has 1 aromatic rings. The molecule has 0 radical (unpaired) electrons. The first-order valence-electron chi connectivity index (χ1n) is 7.13. The molecular formula is C13H21N3O2S2. The molecule has 0 aliphatic carbocycles. The largest absolute Gasteiger partial charge is 0.326 e. The van der Waals surface area contributed by atoms with Gasteiger partial charge >= 0.3 is 0 Å². The number of fused-ring (bicyclic) bond motifs is 1. The van der Waals surface area contributed by atoms with E-state index in [-0.39, 0.29) is 6.54 Å². The molecule has 1 aromatic heterocycles. The van der Waals surface area contributed by atoms with E-state index in [0.29, 0.717) is 24.0 Å². The van der Waals surface area contributed by atoms with Crippen molar-refractivity contribution in [2.45, 2.75) is 36.7 Å². The van der Waals surface area contributed by atoms with Crippen LogP contribution in [0.1, 0.15) is 24.1 Å². The molecular weight excluding hydrogens is 294 g/mol. The first kappa shape index (κ1) is 14.5. The third kappa shape index (κ3) is 2.53. The summed E-state index contributed by atoms with van der Waals surface area (Å²) in [5.74, 6) is 0. The molecule has 3 heterocycles. The molecule has 5 nitrogen and oxygen atoms in total. The fourth-order valence-corrected chi connectivity index (χ4v) is 6.06. The number of nitrogens with zero attached hydrogens (tertiary/aromatic N) is 2. The molecule has 0 amide bonds. The van der Waals surface area contributed by atoms with Gasteiger partial charge in [0, 0.05) is 30.6 Å². The maximum absolute atomic E-state index is 12.8. The van der Waals surface area contributed by atoms with Crippen LogP contribution in [0.2, 0.25) is 0 Å². The van der Waals surface area contributed by atoms with Gasteiger partial charge in [0.05, 0.1) is 4.90 Å². The van der Waals surface area contributed by atoms with E-state index in [1.165, 1.54) is 17.8 Å². The van der Waals surface area contributed by atoms with Gasteiger partial charge in [-0.1, -0.05) is 0 Å². The number of thiophene rings is 1. The van der Waals surface area contributed by atoms with Crippen molar-refractivity contribution in [2.24, 2.45) is 5.73 Å². The van der Waals surface area contributed by atoms with Crippen molar-refractivity contribution < 1.29 is 8.42 Å². The molecule has 0 saturated carbocycles. The fraction of sp³-hybridized carbons (Fsp3) is 0.692. The summed E-state index contributed by atoms with van der Waals surface area (Å²) in [5.41, 5.74) is 5.66. The van der Waals surface area contributed by atoms with Gasteiger partial charge in [0.1, 0.15) is 0 Å². The Kier molecular flexibility index (Phi) is 4.14. The Hall–Kier alpha value is -0.470. The van der Waals surface area contributed by atoms with Crippen LogP contribution in [0.5, 0.6) is 0 Å². The second-order valence-corrected chi connectivity index (χ2v) is 8.37. The Morgan fingerprint density at radius 2 is 2.10 bits per heavy atom. The molecule has 2 fully saturated rings. The summed E-state index contributed by atoms with van der Waals surface area (Å²) < 4.78 is 27.3. The normalized spacial score (nSPS) is 25.6. The molecule has 2 saturated heterocycles. The summed E-state index contributed by atoms with van der Waals surface area (Å²) >= 11 is 1.42. The Balaban J connectivity index is 1.87. The number of sulfonamides is 1. The lowest BCUT2D eigenvalue weighted by Gasteiger charge is -2.25. The highest BCUT2D eigenvalue weighted by Gasteiger charge is 2.35. The highest BCUT2D eigenvalue weighted by atomic mass is 32.2. The molecule has 20 heavy (non-hydrogen) atoms. The van der Waals surface area contributed by atoms with E-state index in [4.69, 9.17) is 5.73 Å². The maximum atomic E-state index is 12.8. The Labute approximate surface area is 124 Å². The Morgan fingerprint density at radius 3 is 2.90 bits per heavy atom. The van der Waals surface area contributed by atoms with Gasteiger partial charge < -0.3 is 5.73 Å². The van der Waals surface area contributed by atoms with Crippen molar-refractivity contribution in [3.05, 3.63) is 16.3 Å². The zero-order chi connectivity index (χ0) is 14.2. The van der Waals surface area contributed by atoms with Gasteiger partial charge in [0.25, 0.3) is 0 Å². The minimum absolute atomic E-state index is 0.287. The van der Waals surface area contributed by atoms with Crippen LogP contribution in [-0.2, 0) is 16.6 Å². The minimum Gasteiger partial charge on any atom is -0.326 e. The molecule has 2 aliphatic rings. The van der Waals surface area contributed by atoms with Gasteiger partial charge in [-0.3, -0.25) is 4.90 Å². The van der Waals surface area contributed by atoms with Gasteiger partial charge in [-0.2, -0.15) is 4.31 Å². The summed E-state index contributed by atoms with van der Waals surface area (Å²) in [7, 11) is -3.39. The Morgan fingerprint density at radius 1 is 1.30 bits per heavy atom. The molecule has 112 valence electrons. The van der Waals surface area contributed by atoms with Crippen LogP contribution in [0, 0.1) is 0 Å². The third-order valence-electron chi connectivity index (χ3n) is 4.27. The first-order chi connectivity index (χ1) is 9.63. The van der Waals surface area contributed by atoms with Crippen LogP contribution in [0.3, 0.4) is 0 Å². The van der Waals surface area contributed by atoms with Crippen molar-refractivity contribution in [2.75, 3.05) is 26.2 Å². The van der Waals surface area contributed by atoms with E-state index in [9.17, 15) is 8.42 Å². The number of rotatable bonds is 3. The summed E-state index contributed by atoms with van der Waals surface area (Å²) in [5, 5.41) is 1.81. The highest BCUT2D eigenvalue weighted by Crippen LogP contribution is 2.28. The average Bonchev–Trinajstić information content (AvgIpc) is 3.03. The van der Waals surface area contributed by atoms with Crippen LogP contribution in [0.25, 0.3) is 0 Å². The average molecular weight is 315 g/mol. The quantitative estimate of drug-likeness (QED) is 0.906. The highest BCUT2D eigenvalue weighted by molar-refractivity contribution is 7.89. The topological polar surface area (TPSA) is 66.6 Å². The van der Waals surface area contributed by atoms with Crippen molar-refractivity contribution in [3.8, 4) is 0 Å². The van der Waals surface area contributed by atoms with E-state index in [1.807, 2.05) is 5.38 Å². The second-order valence-electron chi connectivity index (χ2n) is 5.46. The SMILES string of the molecule is NCc1sccc1S(=O)(=O)N1CCCN2CCCC2C1. The smallest absolute Gasteiger partial charge is 0.244 e. The molecule has 0 spiro atoms. The zero-order valence-electron chi connectivity index (χ0n) is 11.5. The lowest BCUT2D eigenvalue weighted by molar-refractivity contribution is 0.257. The van der Waals surface area contributed by atoms with Crippen LogP contribution >= 0.6 is 11.3 Å². The molecule has 3 rings (SSSR count). The van der Waals surface area contributed by atoms with Gasteiger partial charge in [0.15, 0.2) is 0 Å². The first-order valence-corrected chi connectivity index (χ1v) is 9.45. The molecule has 1 unspecified atom stereocenters. The van der Waals surface area contributed by atoms with E-state index in [1.54, 1.807) is 10.4 Å². The molecule has 7 heteroatoms. The van der Waals surface area contributed by atoms with E-state index >= 15 is 0 Å². The molecule has 2 N–H and O–H groups in total. The minimum atomic E-state index is -3.39. The monoisotopic (exact) mass is 315 g/mol. The summed E-state index contributed by atoms with van der Waals surface area (Å²) in [6.45, 7) is 3.67. The van der Waals surface area contributed by atoms with E-state index in [0.717, 1.165) is 30.8 Å².